The summed E-state index contributed by atoms with van der Waals surface area (Å²) in [5, 5.41) is 7.37. The van der Waals surface area contributed by atoms with Crippen molar-refractivity contribution in [1.82, 2.24) is 14.6 Å². The smallest absolute Gasteiger partial charge is 0.222 e. The zero-order valence-corrected chi connectivity index (χ0v) is 13.8. The fourth-order valence-corrected chi connectivity index (χ4v) is 3.38. The Morgan fingerprint density at radius 3 is 3.00 bits per heavy atom. The van der Waals surface area contributed by atoms with Crippen molar-refractivity contribution in [2.75, 3.05) is 16.8 Å². The number of aromatic nitrogens is 3. The van der Waals surface area contributed by atoms with Crippen LogP contribution in [0.15, 0.2) is 42.6 Å². The van der Waals surface area contributed by atoms with Gasteiger partial charge in [-0.3, -0.25) is 4.79 Å². The van der Waals surface area contributed by atoms with Crippen molar-refractivity contribution >= 4 is 23.2 Å². The van der Waals surface area contributed by atoms with Gasteiger partial charge in [0.25, 0.3) is 0 Å². The average Bonchev–Trinajstić information content (AvgIpc) is 3.21. The normalized spacial score (nSPS) is 17.2. The van der Waals surface area contributed by atoms with Crippen LogP contribution in [-0.2, 0) is 4.79 Å². The van der Waals surface area contributed by atoms with Gasteiger partial charge >= 0.3 is 0 Å². The van der Waals surface area contributed by atoms with Crippen LogP contribution in [-0.4, -0.2) is 27.0 Å². The lowest BCUT2D eigenvalue weighted by Gasteiger charge is -2.26. The molecule has 0 aliphatic carbocycles. The summed E-state index contributed by atoms with van der Waals surface area (Å²) in [6, 6.07) is 10.6. The zero-order valence-electron chi connectivity index (χ0n) is 13.8. The lowest BCUT2D eigenvalue weighted by atomic mass is 10.0. The average molecular weight is 339 g/mol. The van der Waals surface area contributed by atoms with Gasteiger partial charge in [-0.05, 0) is 42.7 Å². The van der Waals surface area contributed by atoms with E-state index in [1.165, 1.54) is 13.0 Å². The van der Waals surface area contributed by atoms with Crippen LogP contribution >= 0.6 is 0 Å². The molecular weight excluding hydrogens is 321 g/mol. The first-order chi connectivity index (χ1) is 12.1. The molecule has 0 spiro atoms. The Kier molecular flexibility index (Phi) is 3.83. The van der Waals surface area contributed by atoms with Crippen molar-refractivity contribution in [2.45, 2.75) is 25.8 Å². The molecule has 1 atom stereocenters. The molecule has 1 unspecified atom stereocenters. The predicted molar refractivity (Wildman–Crippen MR) is 93.0 cm³/mol. The number of fused-ring (bicyclic) bond motifs is 1. The summed E-state index contributed by atoms with van der Waals surface area (Å²) in [5.74, 6) is 0.915. The molecule has 1 amide bonds. The number of nitrogens with zero attached hydrogens (tertiary/aromatic N) is 4. The van der Waals surface area contributed by atoms with Gasteiger partial charge in [0.15, 0.2) is 11.5 Å². The molecular formula is C18H18FN5O. The highest BCUT2D eigenvalue weighted by atomic mass is 19.1. The van der Waals surface area contributed by atoms with E-state index in [2.05, 4.69) is 20.3 Å². The molecule has 0 radical (unpaired) electrons. The summed E-state index contributed by atoms with van der Waals surface area (Å²) >= 11 is 0. The number of carbonyl (C=O) groups is 1. The summed E-state index contributed by atoms with van der Waals surface area (Å²) < 4.78 is 15.2. The molecule has 1 N–H and O–H groups in total. The maximum atomic E-state index is 13.6. The van der Waals surface area contributed by atoms with Gasteiger partial charge in [0.2, 0.25) is 5.91 Å². The zero-order chi connectivity index (χ0) is 17.4. The first-order valence-corrected chi connectivity index (χ1v) is 8.26. The molecule has 0 bridgehead atoms. The van der Waals surface area contributed by atoms with E-state index in [4.69, 9.17) is 0 Å². The minimum atomic E-state index is -0.227. The molecule has 3 heterocycles. The molecule has 1 fully saturated rings. The number of rotatable bonds is 3. The predicted octanol–water partition coefficient (Wildman–Crippen LogP) is 3.17. The van der Waals surface area contributed by atoms with Gasteiger partial charge in [-0.15, -0.1) is 5.10 Å². The number of hydrogen-bond acceptors (Lipinski definition) is 4. The van der Waals surface area contributed by atoms with E-state index in [9.17, 15) is 9.18 Å². The van der Waals surface area contributed by atoms with Crippen LogP contribution in [0.4, 0.5) is 16.0 Å². The van der Waals surface area contributed by atoms with Gasteiger partial charge in [0.05, 0.1) is 12.2 Å². The van der Waals surface area contributed by atoms with E-state index in [-0.39, 0.29) is 17.8 Å². The molecule has 25 heavy (non-hydrogen) atoms. The van der Waals surface area contributed by atoms with Gasteiger partial charge in [0.1, 0.15) is 11.6 Å². The lowest BCUT2D eigenvalue weighted by molar-refractivity contribution is -0.114. The summed E-state index contributed by atoms with van der Waals surface area (Å²) in [7, 11) is 0. The highest BCUT2D eigenvalue weighted by molar-refractivity contribution is 5.88. The number of anilines is 2. The second-order valence-electron chi connectivity index (χ2n) is 6.19. The summed E-state index contributed by atoms with van der Waals surface area (Å²) in [6.45, 7) is 2.30. The molecule has 7 heteroatoms. The van der Waals surface area contributed by atoms with Crippen molar-refractivity contribution in [3.63, 3.8) is 0 Å². The number of amides is 1. The number of imidazole rings is 1. The number of nitrogens with one attached hydrogen (secondary N) is 1. The topological polar surface area (TPSA) is 62.5 Å². The van der Waals surface area contributed by atoms with Crippen LogP contribution in [0.3, 0.4) is 0 Å². The molecule has 1 saturated heterocycles. The Morgan fingerprint density at radius 2 is 2.20 bits per heavy atom. The Bertz CT molecular complexity index is 938. The van der Waals surface area contributed by atoms with Crippen LogP contribution in [0.5, 0.6) is 0 Å². The van der Waals surface area contributed by atoms with E-state index in [1.807, 2.05) is 18.2 Å². The molecule has 3 aromatic rings. The third-order valence-corrected chi connectivity index (χ3v) is 4.43. The third-order valence-electron chi connectivity index (χ3n) is 4.43. The van der Waals surface area contributed by atoms with Crippen molar-refractivity contribution in [3.05, 3.63) is 54.0 Å². The van der Waals surface area contributed by atoms with Crippen LogP contribution in [0.2, 0.25) is 0 Å². The minimum Gasteiger partial charge on any atom is -0.348 e. The molecule has 128 valence electrons. The number of hydrogen-bond donors (Lipinski definition) is 1. The first-order valence-electron chi connectivity index (χ1n) is 8.26. The van der Waals surface area contributed by atoms with Crippen LogP contribution in [0, 0.1) is 5.82 Å². The Morgan fingerprint density at radius 1 is 1.32 bits per heavy atom. The summed E-state index contributed by atoms with van der Waals surface area (Å²) in [4.78, 5) is 17.8. The third kappa shape index (κ3) is 2.93. The number of halogens is 1. The molecule has 4 rings (SSSR count). The Labute approximate surface area is 144 Å². The van der Waals surface area contributed by atoms with Crippen molar-refractivity contribution in [1.29, 1.82) is 0 Å². The van der Waals surface area contributed by atoms with E-state index < -0.39 is 0 Å². The molecule has 1 aromatic carbocycles. The van der Waals surface area contributed by atoms with Gasteiger partial charge in [0, 0.05) is 13.5 Å². The Balaban J connectivity index is 1.71. The van der Waals surface area contributed by atoms with Gasteiger partial charge < -0.3 is 10.2 Å². The summed E-state index contributed by atoms with van der Waals surface area (Å²) in [5.41, 5.74) is 1.61. The molecule has 2 aromatic heterocycles. The van der Waals surface area contributed by atoms with Crippen molar-refractivity contribution in [2.24, 2.45) is 0 Å². The van der Waals surface area contributed by atoms with Gasteiger partial charge in [-0.2, -0.15) is 4.52 Å². The molecule has 1 aliphatic heterocycles. The van der Waals surface area contributed by atoms with Crippen molar-refractivity contribution in [3.8, 4) is 0 Å². The van der Waals surface area contributed by atoms with Crippen LogP contribution in [0.1, 0.15) is 31.4 Å². The SMILES string of the molecule is CC(=O)Nc1cnc2ccc(N3CCCC3c3cccc(F)c3)nn12. The van der Waals surface area contributed by atoms with Gasteiger partial charge in [-0.1, -0.05) is 12.1 Å². The largest absolute Gasteiger partial charge is 0.348 e. The standard InChI is InChI=1S/C18H18FN5O/c1-12(25)21-18-11-20-16-7-8-17(22-24(16)18)23-9-3-6-15(23)13-4-2-5-14(19)10-13/h2,4-5,7-8,10-11,15H,3,6,9H2,1H3,(H,21,25). The summed E-state index contributed by atoms with van der Waals surface area (Å²) in [6.07, 6.45) is 3.55. The lowest BCUT2D eigenvalue weighted by Crippen LogP contribution is -2.24. The van der Waals surface area contributed by atoms with Crippen LogP contribution in [0.25, 0.3) is 5.65 Å². The fraction of sp³-hybridized carbons (Fsp3) is 0.278. The fourth-order valence-electron chi connectivity index (χ4n) is 3.38. The highest BCUT2D eigenvalue weighted by Crippen LogP contribution is 2.35. The maximum Gasteiger partial charge on any atom is 0.222 e. The maximum absolute atomic E-state index is 13.6. The first kappa shape index (κ1) is 15.6. The van der Waals surface area contributed by atoms with E-state index in [0.29, 0.717) is 11.5 Å². The van der Waals surface area contributed by atoms with E-state index in [0.717, 1.165) is 30.8 Å². The quantitative estimate of drug-likeness (QED) is 0.796. The minimum absolute atomic E-state index is 0.0911. The second kappa shape index (κ2) is 6.16. The molecule has 0 saturated carbocycles. The number of benzene rings is 1. The monoisotopic (exact) mass is 339 g/mol. The highest BCUT2D eigenvalue weighted by Gasteiger charge is 2.27. The van der Waals surface area contributed by atoms with E-state index >= 15 is 0 Å². The van der Waals surface area contributed by atoms with Crippen LogP contribution < -0.4 is 10.2 Å². The van der Waals surface area contributed by atoms with E-state index in [1.54, 1.807) is 22.8 Å². The number of carbonyl (C=O) groups excluding carboxylic acids is 1. The Hall–Kier alpha value is -2.96. The molecule has 1 aliphatic rings. The van der Waals surface area contributed by atoms with Gasteiger partial charge in [-0.25, -0.2) is 9.37 Å². The molecule has 6 nitrogen and oxygen atoms in total. The second-order valence-corrected chi connectivity index (χ2v) is 6.19. The van der Waals surface area contributed by atoms with Crippen molar-refractivity contribution < 1.29 is 9.18 Å².